The van der Waals surface area contributed by atoms with E-state index in [0.717, 1.165) is 19.3 Å². The Kier molecular flexibility index (Phi) is 3.39. The highest BCUT2D eigenvalue weighted by Crippen LogP contribution is 2.50. The van der Waals surface area contributed by atoms with Gasteiger partial charge in [0.2, 0.25) is 0 Å². The second kappa shape index (κ2) is 4.40. The van der Waals surface area contributed by atoms with Gasteiger partial charge in [0.25, 0.3) is 0 Å². The van der Waals surface area contributed by atoms with Gasteiger partial charge in [-0.2, -0.15) is 0 Å². The summed E-state index contributed by atoms with van der Waals surface area (Å²) >= 11 is 0. The van der Waals surface area contributed by atoms with E-state index in [1.807, 2.05) is 6.92 Å². The molecule has 2 aliphatic carbocycles. The van der Waals surface area contributed by atoms with Crippen molar-refractivity contribution in [3.63, 3.8) is 0 Å². The molecule has 0 aliphatic heterocycles. The van der Waals surface area contributed by atoms with Crippen LogP contribution < -0.4 is 0 Å². The summed E-state index contributed by atoms with van der Waals surface area (Å²) in [7, 11) is 0. The standard InChI is InChI=1S/C15H26O2/c1-9(2)12-8-14(16)11(4)15(17)6-5-10(3)7-13(12)15/h7,9,11-14,16-17H,5-6,8H2,1-4H3. The smallest absolute Gasteiger partial charge is 0.0765 e. The highest BCUT2D eigenvalue weighted by molar-refractivity contribution is 5.18. The third-order valence-electron chi connectivity index (χ3n) is 5.16. The second-order valence-corrected chi connectivity index (χ2v) is 6.53. The first-order valence-corrected chi connectivity index (χ1v) is 6.94. The zero-order chi connectivity index (χ0) is 12.8. The largest absolute Gasteiger partial charge is 0.393 e. The number of aliphatic hydroxyl groups excluding tert-OH is 1. The number of aliphatic hydroxyl groups is 2. The van der Waals surface area contributed by atoms with Gasteiger partial charge in [-0.05, 0) is 38.0 Å². The third kappa shape index (κ3) is 2.06. The number of rotatable bonds is 1. The first kappa shape index (κ1) is 13.1. The van der Waals surface area contributed by atoms with Gasteiger partial charge in [-0.1, -0.05) is 32.4 Å². The van der Waals surface area contributed by atoms with Crippen LogP contribution in [-0.4, -0.2) is 21.9 Å². The van der Waals surface area contributed by atoms with E-state index in [0.29, 0.717) is 11.8 Å². The fourth-order valence-electron chi connectivity index (χ4n) is 3.77. The first-order valence-electron chi connectivity index (χ1n) is 6.94. The molecule has 0 radical (unpaired) electrons. The SMILES string of the molecule is CC1=CC2C(C(C)C)CC(O)C(C)C2(O)CC1. The summed E-state index contributed by atoms with van der Waals surface area (Å²) in [6, 6.07) is 0. The summed E-state index contributed by atoms with van der Waals surface area (Å²) < 4.78 is 0. The maximum Gasteiger partial charge on any atom is 0.0765 e. The summed E-state index contributed by atoms with van der Waals surface area (Å²) in [5.74, 6) is 1.14. The monoisotopic (exact) mass is 238 g/mol. The maximum absolute atomic E-state index is 11.0. The molecular formula is C15H26O2. The van der Waals surface area contributed by atoms with E-state index in [1.165, 1.54) is 5.57 Å². The summed E-state index contributed by atoms with van der Waals surface area (Å²) in [6.07, 6.45) is 4.53. The quantitative estimate of drug-likeness (QED) is 0.690. The predicted octanol–water partition coefficient (Wildman–Crippen LogP) is 2.75. The predicted molar refractivity (Wildman–Crippen MR) is 69.5 cm³/mol. The average molecular weight is 238 g/mol. The van der Waals surface area contributed by atoms with Crippen molar-refractivity contribution >= 4 is 0 Å². The van der Waals surface area contributed by atoms with Crippen LogP contribution in [0.5, 0.6) is 0 Å². The lowest BCUT2D eigenvalue weighted by atomic mass is 9.56. The molecule has 2 N–H and O–H groups in total. The Bertz CT molecular complexity index is 321. The molecule has 2 aliphatic rings. The molecule has 0 heterocycles. The molecule has 17 heavy (non-hydrogen) atoms. The lowest BCUT2D eigenvalue weighted by Crippen LogP contribution is -2.57. The van der Waals surface area contributed by atoms with Crippen molar-refractivity contribution in [1.82, 2.24) is 0 Å². The molecule has 0 saturated heterocycles. The molecule has 1 saturated carbocycles. The minimum Gasteiger partial charge on any atom is -0.393 e. The third-order valence-corrected chi connectivity index (χ3v) is 5.16. The molecule has 0 spiro atoms. The first-order chi connectivity index (χ1) is 7.86. The molecule has 0 aromatic rings. The van der Waals surface area contributed by atoms with E-state index >= 15 is 0 Å². The molecule has 0 bridgehead atoms. The van der Waals surface area contributed by atoms with E-state index in [-0.39, 0.29) is 17.9 Å². The van der Waals surface area contributed by atoms with Crippen LogP contribution in [0, 0.1) is 23.7 Å². The van der Waals surface area contributed by atoms with E-state index < -0.39 is 5.60 Å². The molecule has 0 amide bonds. The van der Waals surface area contributed by atoms with Crippen molar-refractivity contribution in [3.8, 4) is 0 Å². The molecule has 2 rings (SSSR count). The van der Waals surface area contributed by atoms with Crippen molar-refractivity contribution in [3.05, 3.63) is 11.6 Å². The van der Waals surface area contributed by atoms with Crippen molar-refractivity contribution < 1.29 is 10.2 Å². The summed E-state index contributed by atoms with van der Waals surface area (Å²) in [6.45, 7) is 8.56. The summed E-state index contributed by atoms with van der Waals surface area (Å²) in [5.41, 5.74) is 0.709. The van der Waals surface area contributed by atoms with Crippen LogP contribution in [0.2, 0.25) is 0 Å². The van der Waals surface area contributed by atoms with Crippen LogP contribution in [-0.2, 0) is 0 Å². The Morgan fingerprint density at radius 1 is 1.41 bits per heavy atom. The molecule has 1 fully saturated rings. The van der Waals surface area contributed by atoms with Crippen molar-refractivity contribution in [2.45, 2.75) is 58.7 Å². The average Bonchev–Trinajstić information content (AvgIpc) is 2.26. The lowest BCUT2D eigenvalue weighted by Gasteiger charge is -2.53. The Balaban J connectivity index is 2.37. The van der Waals surface area contributed by atoms with Crippen LogP contribution in [0.15, 0.2) is 11.6 Å². The number of hydrogen-bond acceptors (Lipinski definition) is 2. The van der Waals surface area contributed by atoms with Gasteiger partial charge < -0.3 is 10.2 Å². The molecule has 0 aromatic heterocycles. The van der Waals surface area contributed by atoms with Crippen molar-refractivity contribution in [1.29, 1.82) is 0 Å². The van der Waals surface area contributed by atoms with Gasteiger partial charge in [-0.3, -0.25) is 0 Å². The van der Waals surface area contributed by atoms with E-state index in [2.05, 4.69) is 26.8 Å². The Morgan fingerprint density at radius 2 is 2.06 bits per heavy atom. The van der Waals surface area contributed by atoms with Gasteiger partial charge in [0.05, 0.1) is 11.7 Å². The van der Waals surface area contributed by atoms with Gasteiger partial charge in [0.15, 0.2) is 0 Å². The molecule has 2 nitrogen and oxygen atoms in total. The second-order valence-electron chi connectivity index (χ2n) is 6.53. The molecule has 0 aromatic carbocycles. The topological polar surface area (TPSA) is 40.5 Å². The van der Waals surface area contributed by atoms with E-state index in [4.69, 9.17) is 0 Å². The molecule has 5 atom stereocenters. The van der Waals surface area contributed by atoms with E-state index in [1.54, 1.807) is 0 Å². The summed E-state index contributed by atoms with van der Waals surface area (Å²) in [4.78, 5) is 0. The Morgan fingerprint density at radius 3 is 2.65 bits per heavy atom. The van der Waals surface area contributed by atoms with Gasteiger partial charge in [-0.25, -0.2) is 0 Å². The van der Waals surface area contributed by atoms with Crippen molar-refractivity contribution in [2.24, 2.45) is 23.7 Å². The normalized spacial score (nSPS) is 46.6. The van der Waals surface area contributed by atoms with Gasteiger partial charge in [0.1, 0.15) is 0 Å². The molecule has 2 heteroatoms. The molecule has 5 unspecified atom stereocenters. The fourth-order valence-corrected chi connectivity index (χ4v) is 3.77. The van der Waals surface area contributed by atoms with Crippen molar-refractivity contribution in [2.75, 3.05) is 0 Å². The lowest BCUT2D eigenvalue weighted by molar-refractivity contribution is -0.156. The van der Waals surface area contributed by atoms with Gasteiger partial charge in [-0.15, -0.1) is 0 Å². The zero-order valence-corrected chi connectivity index (χ0v) is 11.5. The van der Waals surface area contributed by atoms with Crippen LogP contribution in [0.3, 0.4) is 0 Å². The van der Waals surface area contributed by atoms with Crippen LogP contribution in [0.1, 0.15) is 47.0 Å². The Labute approximate surface area is 105 Å². The molecular weight excluding hydrogens is 212 g/mol. The maximum atomic E-state index is 11.0. The number of allylic oxidation sites excluding steroid dienone is 1. The minimum atomic E-state index is -0.688. The highest BCUT2D eigenvalue weighted by atomic mass is 16.3. The van der Waals surface area contributed by atoms with E-state index in [9.17, 15) is 10.2 Å². The van der Waals surface area contributed by atoms with Crippen LogP contribution >= 0.6 is 0 Å². The molecule has 98 valence electrons. The van der Waals surface area contributed by atoms with Crippen LogP contribution in [0.4, 0.5) is 0 Å². The van der Waals surface area contributed by atoms with Gasteiger partial charge >= 0.3 is 0 Å². The number of fused-ring (bicyclic) bond motifs is 1. The Hall–Kier alpha value is -0.340. The fraction of sp³-hybridized carbons (Fsp3) is 0.867. The van der Waals surface area contributed by atoms with Crippen LogP contribution in [0.25, 0.3) is 0 Å². The van der Waals surface area contributed by atoms with Gasteiger partial charge in [0, 0.05) is 11.8 Å². The highest BCUT2D eigenvalue weighted by Gasteiger charge is 2.52. The summed E-state index contributed by atoms with van der Waals surface area (Å²) in [5, 5.41) is 21.1. The minimum absolute atomic E-state index is 0.00755. The zero-order valence-electron chi connectivity index (χ0n) is 11.5. The number of hydrogen-bond donors (Lipinski definition) is 2.